The van der Waals surface area contributed by atoms with E-state index in [1.807, 2.05) is 30.3 Å². The van der Waals surface area contributed by atoms with E-state index >= 15 is 0 Å². The molecule has 2 heteroatoms. The van der Waals surface area contributed by atoms with E-state index in [0.717, 1.165) is 29.1 Å². The maximum atomic E-state index is 15.0. The van der Waals surface area contributed by atoms with Gasteiger partial charge in [0.25, 0.3) is 0 Å². The van der Waals surface area contributed by atoms with Gasteiger partial charge < -0.3 is 4.74 Å². The van der Waals surface area contributed by atoms with E-state index in [2.05, 4.69) is 13.0 Å². The molecule has 2 saturated carbocycles. The van der Waals surface area contributed by atoms with Crippen molar-refractivity contribution >= 4 is 0 Å². The highest BCUT2D eigenvalue weighted by atomic mass is 19.1. The molecular formula is C28H37FO. The van der Waals surface area contributed by atoms with Crippen molar-refractivity contribution in [2.24, 2.45) is 17.8 Å². The predicted octanol–water partition coefficient (Wildman–Crippen LogP) is 8.38. The summed E-state index contributed by atoms with van der Waals surface area (Å²) in [6.07, 6.45) is 13.7. The summed E-state index contributed by atoms with van der Waals surface area (Å²) in [5.41, 5.74) is 2.79. The van der Waals surface area contributed by atoms with Crippen LogP contribution in [0.25, 0.3) is 11.1 Å². The lowest BCUT2D eigenvalue weighted by Gasteiger charge is -2.42. The fourth-order valence-electron chi connectivity index (χ4n) is 6.02. The number of hydrogen-bond acceptors (Lipinski definition) is 1. The summed E-state index contributed by atoms with van der Waals surface area (Å²) in [7, 11) is 1.65. The molecule has 0 bridgehead atoms. The molecule has 4 atom stereocenters. The number of halogens is 1. The summed E-state index contributed by atoms with van der Waals surface area (Å²) in [5, 5.41) is 0. The van der Waals surface area contributed by atoms with Gasteiger partial charge in [-0.05, 0) is 85.1 Å². The van der Waals surface area contributed by atoms with E-state index in [1.165, 1.54) is 69.8 Å². The van der Waals surface area contributed by atoms with Crippen molar-refractivity contribution in [1.29, 1.82) is 0 Å². The first-order valence-electron chi connectivity index (χ1n) is 12.1. The Morgan fingerprint density at radius 2 is 1.67 bits per heavy atom. The lowest BCUT2D eigenvalue weighted by atomic mass is 9.63. The summed E-state index contributed by atoms with van der Waals surface area (Å²) in [6, 6.07) is 13.6. The Bertz CT molecular complexity index is 812. The van der Waals surface area contributed by atoms with E-state index in [-0.39, 0.29) is 5.82 Å². The summed E-state index contributed by atoms with van der Waals surface area (Å²) in [4.78, 5) is 0. The minimum atomic E-state index is -0.0978. The van der Waals surface area contributed by atoms with Crippen molar-refractivity contribution in [3.8, 4) is 16.9 Å². The third-order valence-electron chi connectivity index (χ3n) is 7.80. The molecule has 162 valence electrons. The molecule has 1 nitrogen and oxygen atoms in total. The van der Waals surface area contributed by atoms with Crippen LogP contribution in [0.3, 0.4) is 0 Å². The van der Waals surface area contributed by atoms with Gasteiger partial charge in [-0.1, -0.05) is 63.3 Å². The Kier molecular flexibility index (Phi) is 7.12. The van der Waals surface area contributed by atoms with Crippen LogP contribution in [0.1, 0.15) is 82.6 Å². The third kappa shape index (κ3) is 4.90. The van der Waals surface area contributed by atoms with Gasteiger partial charge in [-0.3, -0.25) is 0 Å². The zero-order valence-corrected chi connectivity index (χ0v) is 18.7. The Labute approximate surface area is 182 Å². The van der Waals surface area contributed by atoms with Crippen LogP contribution in [-0.4, -0.2) is 7.11 Å². The Morgan fingerprint density at radius 1 is 0.900 bits per heavy atom. The predicted molar refractivity (Wildman–Crippen MR) is 123 cm³/mol. The maximum absolute atomic E-state index is 15.0. The lowest BCUT2D eigenvalue weighted by molar-refractivity contribution is 0.113. The molecule has 2 aliphatic rings. The molecule has 0 aromatic heterocycles. The average molecular weight is 409 g/mol. The summed E-state index contributed by atoms with van der Waals surface area (Å²) < 4.78 is 20.2. The Hall–Kier alpha value is -1.83. The SMILES string of the molecule is CCCCCC1CCC2CC(c3ccc(-c4ccc(OC)cc4)c(F)c3)CCC2C1. The molecule has 2 aliphatic carbocycles. The monoisotopic (exact) mass is 408 g/mol. The fraction of sp³-hybridized carbons (Fsp3) is 0.571. The molecule has 30 heavy (non-hydrogen) atoms. The molecule has 0 N–H and O–H groups in total. The van der Waals surface area contributed by atoms with Crippen LogP contribution in [0.5, 0.6) is 5.75 Å². The molecule has 0 radical (unpaired) electrons. The van der Waals surface area contributed by atoms with Crippen LogP contribution in [-0.2, 0) is 0 Å². The molecule has 4 unspecified atom stereocenters. The smallest absolute Gasteiger partial charge is 0.131 e. The molecule has 0 amide bonds. The second kappa shape index (κ2) is 9.98. The number of hydrogen-bond donors (Lipinski definition) is 0. The van der Waals surface area contributed by atoms with Crippen molar-refractivity contribution in [2.75, 3.05) is 7.11 Å². The Balaban J connectivity index is 1.38. The zero-order valence-electron chi connectivity index (χ0n) is 18.7. The first kappa shape index (κ1) is 21.4. The summed E-state index contributed by atoms with van der Waals surface area (Å²) in [6.45, 7) is 2.30. The zero-order chi connectivity index (χ0) is 20.9. The fourth-order valence-corrected chi connectivity index (χ4v) is 6.02. The van der Waals surface area contributed by atoms with E-state index in [9.17, 15) is 4.39 Å². The quantitative estimate of drug-likeness (QED) is 0.418. The van der Waals surface area contributed by atoms with Crippen LogP contribution < -0.4 is 4.74 Å². The largest absolute Gasteiger partial charge is 0.497 e. The van der Waals surface area contributed by atoms with E-state index in [0.29, 0.717) is 11.5 Å². The second-order valence-corrected chi connectivity index (χ2v) is 9.67. The highest BCUT2D eigenvalue weighted by Crippen LogP contribution is 2.48. The molecule has 0 spiro atoms. The third-order valence-corrected chi connectivity index (χ3v) is 7.80. The molecule has 2 fully saturated rings. The van der Waals surface area contributed by atoms with E-state index in [4.69, 9.17) is 4.74 Å². The highest BCUT2D eigenvalue weighted by molar-refractivity contribution is 5.65. The van der Waals surface area contributed by atoms with Crippen molar-refractivity contribution < 1.29 is 9.13 Å². The van der Waals surface area contributed by atoms with Gasteiger partial charge in [-0.25, -0.2) is 4.39 Å². The topological polar surface area (TPSA) is 9.23 Å². The van der Waals surface area contributed by atoms with Gasteiger partial charge in [0, 0.05) is 5.56 Å². The molecule has 0 saturated heterocycles. The number of fused-ring (bicyclic) bond motifs is 1. The van der Waals surface area contributed by atoms with Crippen LogP contribution in [0.15, 0.2) is 42.5 Å². The molecule has 2 aromatic rings. The van der Waals surface area contributed by atoms with Crippen molar-refractivity contribution in [2.45, 2.75) is 77.0 Å². The van der Waals surface area contributed by atoms with Crippen LogP contribution in [0.2, 0.25) is 0 Å². The van der Waals surface area contributed by atoms with Crippen molar-refractivity contribution in [1.82, 2.24) is 0 Å². The van der Waals surface area contributed by atoms with Gasteiger partial charge in [-0.2, -0.15) is 0 Å². The normalized spacial score (nSPS) is 26.2. The van der Waals surface area contributed by atoms with E-state index in [1.54, 1.807) is 13.2 Å². The average Bonchev–Trinajstić information content (AvgIpc) is 2.79. The van der Waals surface area contributed by atoms with Crippen LogP contribution in [0, 0.1) is 23.6 Å². The van der Waals surface area contributed by atoms with Gasteiger partial charge in [0.05, 0.1) is 7.11 Å². The van der Waals surface area contributed by atoms with Crippen LogP contribution in [0.4, 0.5) is 4.39 Å². The molecular weight excluding hydrogens is 371 g/mol. The minimum absolute atomic E-state index is 0.0978. The lowest BCUT2D eigenvalue weighted by Crippen LogP contribution is -2.30. The number of unbranched alkanes of at least 4 members (excludes halogenated alkanes) is 2. The van der Waals surface area contributed by atoms with Gasteiger partial charge in [0.15, 0.2) is 0 Å². The molecule has 0 aliphatic heterocycles. The number of ether oxygens (including phenoxy) is 1. The van der Waals surface area contributed by atoms with Crippen molar-refractivity contribution in [3.05, 3.63) is 53.8 Å². The first-order chi connectivity index (χ1) is 14.7. The number of methoxy groups -OCH3 is 1. The Morgan fingerprint density at radius 3 is 2.40 bits per heavy atom. The standard InChI is InChI=1S/C28H37FO/c1-3-4-5-6-20-7-8-23-18-24(10-9-22(23)17-20)25-13-16-27(28(29)19-25)21-11-14-26(30-2)15-12-21/h11-16,19-20,22-24H,3-10,17-18H2,1-2H3. The summed E-state index contributed by atoms with van der Waals surface area (Å²) in [5.74, 6) is 3.98. The van der Waals surface area contributed by atoms with Crippen molar-refractivity contribution in [3.63, 3.8) is 0 Å². The number of rotatable bonds is 7. The van der Waals surface area contributed by atoms with E-state index < -0.39 is 0 Å². The van der Waals surface area contributed by atoms with Crippen LogP contribution >= 0.6 is 0 Å². The summed E-state index contributed by atoms with van der Waals surface area (Å²) >= 11 is 0. The molecule has 4 rings (SSSR count). The molecule has 2 aromatic carbocycles. The first-order valence-corrected chi connectivity index (χ1v) is 12.1. The van der Waals surface area contributed by atoms with Gasteiger partial charge in [0.2, 0.25) is 0 Å². The number of benzene rings is 2. The van der Waals surface area contributed by atoms with Gasteiger partial charge in [0.1, 0.15) is 11.6 Å². The van der Waals surface area contributed by atoms with Gasteiger partial charge in [-0.15, -0.1) is 0 Å². The van der Waals surface area contributed by atoms with Gasteiger partial charge >= 0.3 is 0 Å². The minimum Gasteiger partial charge on any atom is -0.497 e. The maximum Gasteiger partial charge on any atom is 0.131 e. The second-order valence-electron chi connectivity index (χ2n) is 9.67. The highest BCUT2D eigenvalue weighted by Gasteiger charge is 2.35. The molecule has 0 heterocycles.